The maximum Gasteiger partial charge on any atom is 0.228 e. The normalized spacial score (nSPS) is 11.8. The first kappa shape index (κ1) is 21.2. The van der Waals surface area contributed by atoms with E-state index in [1.807, 2.05) is 55.7 Å². The summed E-state index contributed by atoms with van der Waals surface area (Å²) in [6.07, 6.45) is 5.23. The lowest BCUT2D eigenvalue weighted by Crippen LogP contribution is -2.22. The van der Waals surface area contributed by atoms with Gasteiger partial charge in [-0.05, 0) is 24.2 Å². The average molecular weight is 415 g/mol. The number of aromatic nitrogens is 3. The second-order valence-electron chi connectivity index (χ2n) is 6.95. The Bertz CT molecular complexity index is 1000. The lowest BCUT2D eigenvalue weighted by atomic mass is 10.2. The number of pyridine rings is 1. The summed E-state index contributed by atoms with van der Waals surface area (Å²) in [7, 11) is -0.0658. The molecule has 0 aliphatic rings. The third-order valence-corrected chi connectivity index (χ3v) is 6.11. The van der Waals surface area contributed by atoms with Crippen molar-refractivity contribution in [3.05, 3.63) is 77.9 Å². The maximum atomic E-state index is 12.8. The Labute approximate surface area is 171 Å². The number of hydrogen-bond acceptors (Lipinski definition) is 6. The highest BCUT2D eigenvalue weighted by Gasteiger charge is 2.24. The minimum Gasteiger partial charge on any atom is -0.384 e. The SMILES string of the molecule is COCCS(=O)(=O)c1ncc(CN(C)Cc2cccnc2)n1Cc1ccccc1. The highest BCUT2D eigenvalue weighted by atomic mass is 32.2. The molecule has 0 radical (unpaired) electrons. The van der Waals surface area contributed by atoms with E-state index in [1.165, 1.54) is 7.11 Å². The van der Waals surface area contributed by atoms with E-state index < -0.39 is 9.84 Å². The molecule has 3 aromatic rings. The molecule has 2 heterocycles. The van der Waals surface area contributed by atoms with Crippen molar-refractivity contribution in [2.24, 2.45) is 0 Å². The number of methoxy groups -OCH3 is 1. The molecule has 0 bridgehead atoms. The second-order valence-corrected chi connectivity index (χ2v) is 8.95. The van der Waals surface area contributed by atoms with Crippen molar-refractivity contribution < 1.29 is 13.2 Å². The first-order valence-corrected chi connectivity index (χ1v) is 11.0. The molecule has 0 atom stereocenters. The minimum atomic E-state index is -3.55. The Balaban J connectivity index is 1.87. The van der Waals surface area contributed by atoms with Crippen molar-refractivity contribution in [2.75, 3.05) is 26.5 Å². The van der Waals surface area contributed by atoms with E-state index in [4.69, 9.17) is 4.74 Å². The third kappa shape index (κ3) is 5.72. The zero-order valence-electron chi connectivity index (χ0n) is 16.7. The lowest BCUT2D eigenvalue weighted by Gasteiger charge is -2.19. The van der Waals surface area contributed by atoms with Crippen LogP contribution in [0.2, 0.25) is 0 Å². The van der Waals surface area contributed by atoms with Gasteiger partial charge < -0.3 is 9.30 Å². The van der Waals surface area contributed by atoms with E-state index >= 15 is 0 Å². The van der Waals surface area contributed by atoms with Crippen molar-refractivity contribution >= 4 is 9.84 Å². The van der Waals surface area contributed by atoms with Gasteiger partial charge in [-0.3, -0.25) is 9.88 Å². The molecule has 7 nitrogen and oxygen atoms in total. The van der Waals surface area contributed by atoms with Gasteiger partial charge >= 0.3 is 0 Å². The Morgan fingerprint density at radius 2 is 1.79 bits per heavy atom. The molecule has 0 unspecified atom stereocenters. The topological polar surface area (TPSA) is 77.3 Å². The van der Waals surface area contributed by atoms with Crippen LogP contribution in [0.15, 0.2) is 66.2 Å². The third-order valence-electron chi connectivity index (χ3n) is 4.53. The van der Waals surface area contributed by atoms with Gasteiger partial charge in [-0.25, -0.2) is 13.4 Å². The molecule has 8 heteroatoms. The summed E-state index contributed by atoms with van der Waals surface area (Å²) in [5, 5.41) is 0.0863. The number of nitrogens with zero attached hydrogens (tertiary/aromatic N) is 4. The summed E-state index contributed by atoms with van der Waals surface area (Å²) >= 11 is 0. The van der Waals surface area contributed by atoms with Crippen LogP contribution in [0.4, 0.5) is 0 Å². The second kappa shape index (κ2) is 9.78. The van der Waals surface area contributed by atoms with Crippen molar-refractivity contribution in [1.82, 2.24) is 19.4 Å². The van der Waals surface area contributed by atoms with Crippen molar-refractivity contribution in [1.29, 1.82) is 0 Å². The summed E-state index contributed by atoms with van der Waals surface area (Å²) < 4.78 is 32.4. The van der Waals surface area contributed by atoms with Crippen LogP contribution in [0.25, 0.3) is 0 Å². The van der Waals surface area contributed by atoms with Gasteiger partial charge in [-0.15, -0.1) is 0 Å². The van der Waals surface area contributed by atoms with Gasteiger partial charge in [0.1, 0.15) is 0 Å². The van der Waals surface area contributed by atoms with Gasteiger partial charge in [0.15, 0.2) is 0 Å². The number of ether oxygens (including phenoxy) is 1. The van der Waals surface area contributed by atoms with Crippen LogP contribution in [-0.4, -0.2) is 54.4 Å². The van der Waals surface area contributed by atoms with E-state index in [2.05, 4.69) is 14.9 Å². The van der Waals surface area contributed by atoms with E-state index in [-0.39, 0.29) is 17.5 Å². The molecule has 0 fully saturated rings. The molecule has 29 heavy (non-hydrogen) atoms. The summed E-state index contributed by atoms with van der Waals surface area (Å²) in [6.45, 7) is 1.85. The molecular formula is C21H26N4O3S. The van der Waals surface area contributed by atoms with Crippen LogP contribution < -0.4 is 0 Å². The van der Waals surface area contributed by atoms with Gasteiger partial charge in [0.05, 0.1) is 30.8 Å². The van der Waals surface area contributed by atoms with E-state index in [0.29, 0.717) is 19.6 Å². The number of benzene rings is 1. The number of hydrogen-bond donors (Lipinski definition) is 0. The number of rotatable bonds is 10. The van der Waals surface area contributed by atoms with E-state index in [9.17, 15) is 8.42 Å². The Morgan fingerprint density at radius 1 is 1.03 bits per heavy atom. The molecular weight excluding hydrogens is 388 g/mol. The van der Waals surface area contributed by atoms with Crippen LogP contribution in [0.3, 0.4) is 0 Å². The van der Waals surface area contributed by atoms with Crippen LogP contribution in [0, 0.1) is 0 Å². The molecule has 0 aliphatic carbocycles. The van der Waals surface area contributed by atoms with Crippen molar-refractivity contribution in [2.45, 2.75) is 24.8 Å². The molecule has 154 valence electrons. The molecule has 2 aromatic heterocycles. The van der Waals surface area contributed by atoms with E-state index in [0.717, 1.165) is 16.8 Å². The molecule has 0 aliphatic heterocycles. The van der Waals surface area contributed by atoms with Crippen LogP contribution in [-0.2, 0) is 34.2 Å². The Morgan fingerprint density at radius 3 is 2.48 bits per heavy atom. The zero-order valence-corrected chi connectivity index (χ0v) is 17.5. The molecule has 0 amide bonds. The Kier molecular flexibility index (Phi) is 7.13. The fourth-order valence-corrected chi connectivity index (χ4v) is 4.42. The molecule has 0 N–H and O–H groups in total. The fourth-order valence-electron chi connectivity index (χ4n) is 3.12. The molecule has 0 saturated carbocycles. The summed E-state index contributed by atoms with van der Waals surface area (Å²) in [5.74, 6) is -0.0970. The van der Waals surface area contributed by atoms with Gasteiger partial charge in [0, 0.05) is 32.6 Å². The summed E-state index contributed by atoms with van der Waals surface area (Å²) in [5.41, 5.74) is 2.96. The molecule has 0 saturated heterocycles. The first-order chi connectivity index (χ1) is 14.0. The minimum absolute atomic E-state index is 0.0863. The zero-order chi connectivity index (χ0) is 20.7. The summed E-state index contributed by atoms with van der Waals surface area (Å²) in [6, 6.07) is 13.7. The van der Waals surface area contributed by atoms with E-state index in [1.54, 1.807) is 17.0 Å². The van der Waals surface area contributed by atoms with Crippen LogP contribution in [0.5, 0.6) is 0 Å². The standard InChI is InChI=1S/C21H26N4O3S/c1-24(15-19-9-6-10-22-13-19)17-20-14-23-21(29(26,27)12-11-28-2)25(20)16-18-7-4-3-5-8-18/h3-10,13-14H,11-12,15-17H2,1-2H3. The average Bonchev–Trinajstić information content (AvgIpc) is 3.11. The first-order valence-electron chi connectivity index (χ1n) is 9.37. The largest absolute Gasteiger partial charge is 0.384 e. The lowest BCUT2D eigenvalue weighted by molar-refractivity contribution is 0.217. The van der Waals surface area contributed by atoms with Gasteiger partial charge in [-0.2, -0.15) is 0 Å². The molecule has 0 spiro atoms. The summed E-state index contributed by atoms with van der Waals surface area (Å²) in [4.78, 5) is 10.5. The monoisotopic (exact) mass is 414 g/mol. The van der Waals surface area contributed by atoms with Crippen LogP contribution >= 0.6 is 0 Å². The van der Waals surface area contributed by atoms with Crippen molar-refractivity contribution in [3.63, 3.8) is 0 Å². The van der Waals surface area contributed by atoms with Gasteiger partial charge in [0.2, 0.25) is 15.0 Å². The fraction of sp³-hybridized carbons (Fsp3) is 0.333. The maximum absolute atomic E-state index is 12.8. The number of sulfone groups is 1. The Hall–Kier alpha value is -2.55. The number of imidazole rings is 1. The van der Waals surface area contributed by atoms with Gasteiger partial charge in [-0.1, -0.05) is 36.4 Å². The van der Waals surface area contributed by atoms with Crippen molar-refractivity contribution in [3.8, 4) is 0 Å². The van der Waals surface area contributed by atoms with Gasteiger partial charge in [0.25, 0.3) is 0 Å². The van der Waals surface area contributed by atoms with Crippen LogP contribution in [0.1, 0.15) is 16.8 Å². The quantitative estimate of drug-likeness (QED) is 0.507. The molecule has 3 rings (SSSR count). The highest BCUT2D eigenvalue weighted by molar-refractivity contribution is 7.91. The predicted octanol–water partition coefficient (Wildman–Crippen LogP) is 2.38. The molecule has 1 aromatic carbocycles. The highest BCUT2D eigenvalue weighted by Crippen LogP contribution is 2.18. The predicted molar refractivity (Wildman–Crippen MR) is 111 cm³/mol. The smallest absolute Gasteiger partial charge is 0.228 e.